The molecular weight excluding hydrogens is 262 g/mol. The number of nitrogens with zero attached hydrogens (tertiary/aromatic N) is 2. The van der Waals surface area contributed by atoms with Gasteiger partial charge in [0.2, 0.25) is 0 Å². The van der Waals surface area contributed by atoms with Crippen molar-refractivity contribution in [3.05, 3.63) is 18.3 Å². The maximum Gasteiger partial charge on any atom is 0.128 e. The SMILES string of the molecule is CC1(C)CCC(Nc2ccc(N3CCOCC3)nc2)CC1. The third kappa shape index (κ3) is 3.88. The highest BCUT2D eigenvalue weighted by Crippen LogP contribution is 2.36. The Balaban J connectivity index is 1.55. The Kier molecular flexibility index (Phi) is 4.34. The van der Waals surface area contributed by atoms with E-state index in [1.807, 2.05) is 6.20 Å². The Labute approximate surface area is 127 Å². The van der Waals surface area contributed by atoms with Crippen molar-refractivity contribution in [1.29, 1.82) is 0 Å². The second-order valence-corrected chi connectivity index (χ2v) is 7.09. The van der Waals surface area contributed by atoms with Gasteiger partial charge in [0.05, 0.1) is 25.1 Å². The number of nitrogens with one attached hydrogen (secondary N) is 1. The van der Waals surface area contributed by atoms with Crippen LogP contribution in [0.1, 0.15) is 39.5 Å². The molecule has 2 aliphatic rings. The largest absolute Gasteiger partial charge is 0.381 e. The number of ether oxygens (including phenoxy) is 1. The van der Waals surface area contributed by atoms with Gasteiger partial charge in [-0.2, -0.15) is 0 Å². The van der Waals surface area contributed by atoms with Crippen molar-refractivity contribution in [3.8, 4) is 0 Å². The lowest BCUT2D eigenvalue weighted by molar-refractivity contribution is 0.122. The molecule has 0 unspecified atom stereocenters. The predicted octanol–water partition coefficient (Wildman–Crippen LogP) is 3.30. The van der Waals surface area contributed by atoms with E-state index in [-0.39, 0.29) is 0 Å². The van der Waals surface area contributed by atoms with E-state index in [1.165, 1.54) is 25.7 Å². The van der Waals surface area contributed by atoms with Crippen molar-refractivity contribution in [1.82, 2.24) is 4.98 Å². The summed E-state index contributed by atoms with van der Waals surface area (Å²) in [5.74, 6) is 1.06. The van der Waals surface area contributed by atoms with Gasteiger partial charge in [-0.15, -0.1) is 0 Å². The summed E-state index contributed by atoms with van der Waals surface area (Å²) in [6.07, 6.45) is 7.12. The van der Waals surface area contributed by atoms with Gasteiger partial charge in [-0.25, -0.2) is 4.98 Å². The number of hydrogen-bond acceptors (Lipinski definition) is 4. The van der Waals surface area contributed by atoms with E-state index in [0.29, 0.717) is 11.5 Å². The molecule has 0 amide bonds. The van der Waals surface area contributed by atoms with Gasteiger partial charge in [0.25, 0.3) is 0 Å². The van der Waals surface area contributed by atoms with Crippen LogP contribution >= 0.6 is 0 Å². The minimum atomic E-state index is 0.524. The van der Waals surface area contributed by atoms with Gasteiger partial charge in [0, 0.05) is 19.1 Å². The Morgan fingerprint density at radius 3 is 2.52 bits per heavy atom. The van der Waals surface area contributed by atoms with Crippen LogP contribution < -0.4 is 10.2 Å². The second-order valence-electron chi connectivity index (χ2n) is 7.09. The average Bonchev–Trinajstić information content (AvgIpc) is 2.51. The molecule has 0 radical (unpaired) electrons. The van der Waals surface area contributed by atoms with Gasteiger partial charge in [-0.1, -0.05) is 13.8 Å². The number of pyridine rings is 1. The van der Waals surface area contributed by atoms with Crippen LogP contribution in [0.25, 0.3) is 0 Å². The van der Waals surface area contributed by atoms with Gasteiger partial charge in [-0.3, -0.25) is 0 Å². The zero-order chi connectivity index (χ0) is 14.7. The molecule has 4 heteroatoms. The highest BCUT2D eigenvalue weighted by Gasteiger charge is 2.26. The molecule has 1 saturated carbocycles. The first-order valence-corrected chi connectivity index (χ1v) is 8.18. The van der Waals surface area contributed by atoms with Crippen LogP contribution in [-0.2, 0) is 4.74 Å². The van der Waals surface area contributed by atoms with Gasteiger partial charge < -0.3 is 15.0 Å². The molecule has 1 saturated heterocycles. The van der Waals surface area contributed by atoms with Gasteiger partial charge in [0.15, 0.2) is 0 Å². The molecule has 1 aromatic heterocycles. The molecular formula is C17H27N3O. The first-order chi connectivity index (χ1) is 10.1. The van der Waals surface area contributed by atoms with Gasteiger partial charge in [-0.05, 0) is 43.2 Å². The summed E-state index contributed by atoms with van der Waals surface area (Å²) in [6, 6.07) is 4.90. The lowest BCUT2D eigenvalue weighted by Gasteiger charge is -2.35. The third-order valence-electron chi connectivity index (χ3n) is 4.79. The molecule has 1 aromatic rings. The number of rotatable bonds is 3. The standard InChI is InChI=1S/C17H27N3O/c1-17(2)7-5-14(6-8-17)19-15-3-4-16(18-13-15)20-9-11-21-12-10-20/h3-4,13-14,19H,5-12H2,1-2H3. The molecule has 116 valence electrons. The zero-order valence-electron chi connectivity index (χ0n) is 13.3. The molecule has 0 spiro atoms. The fourth-order valence-electron chi connectivity index (χ4n) is 3.23. The molecule has 4 nitrogen and oxygen atoms in total. The summed E-state index contributed by atoms with van der Waals surface area (Å²) < 4.78 is 5.38. The maximum atomic E-state index is 5.38. The summed E-state index contributed by atoms with van der Waals surface area (Å²) in [4.78, 5) is 6.89. The van der Waals surface area contributed by atoms with Crippen molar-refractivity contribution < 1.29 is 4.74 Å². The Bertz CT molecular complexity index is 442. The summed E-state index contributed by atoms with van der Waals surface area (Å²) in [7, 11) is 0. The quantitative estimate of drug-likeness (QED) is 0.926. The van der Waals surface area contributed by atoms with Crippen LogP contribution in [-0.4, -0.2) is 37.3 Å². The van der Waals surface area contributed by atoms with Crippen LogP contribution in [0.4, 0.5) is 11.5 Å². The van der Waals surface area contributed by atoms with Crippen molar-refractivity contribution in [2.75, 3.05) is 36.5 Å². The molecule has 3 rings (SSSR count). The maximum absolute atomic E-state index is 5.38. The molecule has 0 bridgehead atoms. The van der Waals surface area contributed by atoms with E-state index >= 15 is 0 Å². The normalized spacial score (nSPS) is 23.0. The minimum absolute atomic E-state index is 0.524. The molecule has 1 aliphatic carbocycles. The van der Waals surface area contributed by atoms with E-state index in [1.54, 1.807) is 0 Å². The van der Waals surface area contributed by atoms with E-state index < -0.39 is 0 Å². The van der Waals surface area contributed by atoms with Gasteiger partial charge >= 0.3 is 0 Å². The molecule has 0 atom stereocenters. The lowest BCUT2D eigenvalue weighted by Crippen LogP contribution is -2.36. The van der Waals surface area contributed by atoms with Crippen molar-refractivity contribution >= 4 is 11.5 Å². The number of hydrogen-bond donors (Lipinski definition) is 1. The second kappa shape index (κ2) is 6.22. The molecule has 0 aromatic carbocycles. The zero-order valence-corrected chi connectivity index (χ0v) is 13.3. The summed E-state index contributed by atoms with van der Waals surface area (Å²) in [6.45, 7) is 8.25. The Hall–Kier alpha value is -1.29. The van der Waals surface area contributed by atoms with E-state index in [4.69, 9.17) is 4.74 Å². The smallest absolute Gasteiger partial charge is 0.128 e. The van der Waals surface area contributed by atoms with Crippen molar-refractivity contribution in [2.45, 2.75) is 45.6 Å². The van der Waals surface area contributed by atoms with E-state index in [0.717, 1.165) is 37.8 Å². The van der Waals surface area contributed by atoms with Crippen LogP contribution in [0.2, 0.25) is 0 Å². The highest BCUT2D eigenvalue weighted by molar-refractivity contribution is 5.49. The molecule has 21 heavy (non-hydrogen) atoms. The Morgan fingerprint density at radius 2 is 1.90 bits per heavy atom. The summed E-state index contributed by atoms with van der Waals surface area (Å²) >= 11 is 0. The summed E-state index contributed by atoms with van der Waals surface area (Å²) in [5.41, 5.74) is 1.67. The highest BCUT2D eigenvalue weighted by atomic mass is 16.5. The van der Waals surface area contributed by atoms with Crippen LogP contribution in [0.15, 0.2) is 18.3 Å². The first-order valence-electron chi connectivity index (χ1n) is 8.18. The van der Waals surface area contributed by atoms with Gasteiger partial charge in [0.1, 0.15) is 5.82 Å². The molecule has 2 heterocycles. The monoisotopic (exact) mass is 289 g/mol. The summed E-state index contributed by atoms with van der Waals surface area (Å²) in [5, 5.41) is 3.64. The van der Waals surface area contributed by atoms with E-state index in [9.17, 15) is 0 Å². The van der Waals surface area contributed by atoms with E-state index in [2.05, 4.69) is 41.2 Å². The number of aromatic nitrogens is 1. The average molecular weight is 289 g/mol. The van der Waals surface area contributed by atoms with Crippen LogP contribution in [0, 0.1) is 5.41 Å². The molecule has 2 fully saturated rings. The third-order valence-corrected chi connectivity index (χ3v) is 4.79. The topological polar surface area (TPSA) is 37.4 Å². The molecule has 1 aliphatic heterocycles. The first kappa shape index (κ1) is 14.6. The number of anilines is 2. The van der Waals surface area contributed by atoms with Crippen molar-refractivity contribution in [3.63, 3.8) is 0 Å². The van der Waals surface area contributed by atoms with Crippen molar-refractivity contribution in [2.24, 2.45) is 5.41 Å². The fraction of sp³-hybridized carbons (Fsp3) is 0.706. The minimum Gasteiger partial charge on any atom is -0.381 e. The Morgan fingerprint density at radius 1 is 1.19 bits per heavy atom. The molecule has 1 N–H and O–H groups in total. The fourth-order valence-corrected chi connectivity index (χ4v) is 3.23. The lowest BCUT2D eigenvalue weighted by atomic mass is 9.75. The van der Waals surface area contributed by atoms with Crippen LogP contribution in [0.3, 0.4) is 0 Å². The van der Waals surface area contributed by atoms with Crippen LogP contribution in [0.5, 0.6) is 0 Å². The predicted molar refractivity (Wildman–Crippen MR) is 86.9 cm³/mol. The number of morpholine rings is 1.